The maximum absolute atomic E-state index is 12.2. The van der Waals surface area contributed by atoms with Crippen molar-refractivity contribution in [2.75, 3.05) is 17.2 Å². The van der Waals surface area contributed by atoms with Crippen LogP contribution in [0.3, 0.4) is 0 Å². The van der Waals surface area contributed by atoms with Crippen LogP contribution in [-0.4, -0.2) is 24.4 Å². The summed E-state index contributed by atoms with van der Waals surface area (Å²) in [5, 5.41) is 5.82. The van der Waals surface area contributed by atoms with E-state index in [2.05, 4.69) is 26.6 Å². The Morgan fingerprint density at radius 3 is 2.29 bits per heavy atom. The molecule has 0 unspecified atom stereocenters. The summed E-state index contributed by atoms with van der Waals surface area (Å²) in [5.41, 5.74) is 2.22. The van der Waals surface area contributed by atoms with E-state index in [-0.39, 0.29) is 18.7 Å². The Balaban J connectivity index is 1.33. The van der Waals surface area contributed by atoms with E-state index in [1.165, 1.54) is 0 Å². The molecular formula is C26H24BrClN2O5. The summed E-state index contributed by atoms with van der Waals surface area (Å²) in [6.07, 6.45) is 0.456. The normalized spacial score (nSPS) is 10.4. The second kappa shape index (κ2) is 12.9. The van der Waals surface area contributed by atoms with Gasteiger partial charge in [0.1, 0.15) is 11.5 Å². The molecule has 0 aromatic heterocycles. The number of aryl methyl sites for hydroxylation is 1. The van der Waals surface area contributed by atoms with Crippen molar-refractivity contribution in [2.45, 2.75) is 26.2 Å². The topological polar surface area (TPSA) is 93.7 Å². The van der Waals surface area contributed by atoms with Crippen molar-refractivity contribution in [3.05, 3.63) is 81.8 Å². The van der Waals surface area contributed by atoms with Crippen molar-refractivity contribution in [3.8, 4) is 11.5 Å². The highest BCUT2D eigenvalue weighted by atomic mass is 79.9. The minimum absolute atomic E-state index is 0.0219. The Bertz CT molecular complexity index is 1200. The van der Waals surface area contributed by atoms with Crippen LogP contribution in [0.5, 0.6) is 11.5 Å². The fourth-order valence-corrected chi connectivity index (χ4v) is 3.45. The molecule has 9 heteroatoms. The zero-order chi connectivity index (χ0) is 25.2. The van der Waals surface area contributed by atoms with Crippen LogP contribution in [-0.2, 0) is 19.1 Å². The maximum atomic E-state index is 12.2. The molecule has 0 heterocycles. The Morgan fingerprint density at radius 1 is 0.857 bits per heavy atom. The lowest BCUT2D eigenvalue weighted by atomic mass is 10.2. The smallest absolute Gasteiger partial charge is 0.306 e. The SMILES string of the molecule is Cc1cccc(Oc2ccc(NC(=O)CCCC(=O)OCC(=O)Nc3ccc(Br)c(Cl)c3)cc2)c1. The number of rotatable bonds is 10. The van der Waals surface area contributed by atoms with Crippen LogP contribution in [0, 0.1) is 6.92 Å². The number of carbonyl (C=O) groups is 3. The van der Waals surface area contributed by atoms with Crippen molar-refractivity contribution in [3.63, 3.8) is 0 Å². The van der Waals surface area contributed by atoms with E-state index in [0.29, 0.717) is 33.0 Å². The number of esters is 1. The number of benzene rings is 3. The van der Waals surface area contributed by atoms with Crippen molar-refractivity contribution < 1.29 is 23.9 Å². The van der Waals surface area contributed by atoms with Crippen LogP contribution < -0.4 is 15.4 Å². The predicted octanol–water partition coefficient (Wildman–Crippen LogP) is 6.49. The first-order chi connectivity index (χ1) is 16.8. The molecule has 0 atom stereocenters. The first-order valence-electron chi connectivity index (χ1n) is 10.8. The third-order valence-corrected chi connectivity index (χ3v) is 5.95. The van der Waals surface area contributed by atoms with Crippen molar-refractivity contribution >= 4 is 56.7 Å². The van der Waals surface area contributed by atoms with E-state index >= 15 is 0 Å². The average Bonchev–Trinajstić information content (AvgIpc) is 2.81. The number of hydrogen-bond donors (Lipinski definition) is 2. The van der Waals surface area contributed by atoms with Crippen molar-refractivity contribution in [2.24, 2.45) is 0 Å². The highest BCUT2D eigenvalue weighted by molar-refractivity contribution is 9.10. The predicted molar refractivity (Wildman–Crippen MR) is 139 cm³/mol. The number of ether oxygens (including phenoxy) is 2. The van der Waals surface area contributed by atoms with Crippen molar-refractivity contribution in [1.29, 1.82) is 0 Å². The maximum Gasteiger partial charge on any atom is 0.306 e. The van der Waals surface area contributed by atoms with Gasteiger partial charge < -0.3 is 20.1 Å². The number of anilines is 2. The number of carbonyl (C=O) groups excluding carboxylic acids is 3. The first-order valence-corrected chi connectivity index (χ1v) is 12.0. The lowest BCUT2D eigenvalue weighted by Gasteiger charge is -2.09. The number of amides is 2. The summed E-state index contributed by atoms with van der Waals surface area (Å²) in [6, 6.07) is 19.7. The van der Waals surface area contributed by atoms with Crippen LogP contribution in [0.15, 0.2) is 71.2 Å². The summed E-state index contributed by atoms with van der Waals surface area (Å²) in [7, 11) is 0. The van der Waals surface area contributed by atoms with Crippen LogP contribution in [0.2, 0.25) is 5.02 Å². The van der Waals surface area contributed by atoms with E-state index in [9.17, 15) is 14.4 Å². The second-order valence-corrected chi connectivity index (χ2v) is 8.94. The summed E-state index contributed by atoms with van der Waals surface area (Å²) in [6.45, 7) is 1.57. The molecule has 2 amide bonds. The molecule has 2 N–H and O–H groups in total. The lowest BCUT2D eigenvalue weighted by Crippen LogP contribution is -2.21. The number of halogens is 2. The third kappa shape index (κ3) is 9.07. The molecule has 0 spiro atoms. The molecule has 0 saturated carbocycles. The molecule has 7 nitrogen and oxygen atoms in total. The van der Waals surface area contributed by atoms with Gasteiger partial charge in [0.15, 0.2) is 6.61 Å². The molecule has 3 aromatic rings. The van der Waals surface area contributed by atoms with Crippen molar-refractivity contribution in [1.82, 2.24) is 0 Å². The fourth-order valence-electron chi connectivity index (χ4n) is 3.03. The van der Waals surface area contributed by atoms with Gasteiger partial charge >= 0.3 is 5.97 Å². The molecule has 182 valence electrons. The Labute approximate surface area is 216 Å². The second-order valence-electron chi connectivity index (χ2n) is 7.68. The zero-order valence-electron chi connectivity index (χ0n) is 19.0. The van der Waals surface area contributed by atoms with Gasteiger partial charge in [0, 0.05) is 28.7 Å². The Hall–Kier alpha value is -3.36. The average molecular weight is 560 g/mol. The van der Waals surface area contributed by atoms with E-state index in [1.807, 2.05) is 31.2 Å². The largest absolute Gasteiger partial charge is 0.457 e. The van der Waals surface area contributed by atoms with Crippen LogP contribution in [0.25, 0.3) is 0 Å². The highest BCUT2D eigenvalue weighted by Crippen LogP contribution is 2.26. The van der Waals surface area contributed by atoms with Gasteiger partial charge in [-0.05, 0) is 89.4 Å². The van der Waals surface area contributed by atoms with Gasteiger partial charge in [-0.3, -0.25) is 14.4 Å². The quantitative estimate of drug-likeness (QED) is 0.277. The van der Waals surface area contributed by atoms with E-state index in [1.54, 1.807) is 42.5 Å². The molecule has 35 heavy (non-hydrogen) atoms. The highest BCUT2D eigenvalue weighted by Gasteiger charge is 2.10. The van der Waals surface area contributed by atoms with Gasteiger partial charge in [0.2, 0.25) is 5.91 Å². The van der Waals surface area contributed by atoms with E-state index < -0.39 is 18.5 Å². The fraction of sp³-hybridized carbons (Fsp3) is 0.192. The van der Waals surface area contributed by atoms with Gasteiger partial charge in [0.05, 0.1) is 5.02 Å². The van der Waals surface area contributed by atoms with Gasteiger partial charge in [-0.2, -0.15) is 0 Å². The monoisotopic (exact) mass is 558 g/mol. The summed E-state index contributed by atoms with van der Waals surface area (Å²) in [4.78, 5) is 36.0. The van der Waals surface area contributed by atoms with Gasteiger partial charge in [-0.1, -0.05) is 23.7 Å². The minimum Gasteiger partial charge on any atom is -0.457 e. The minimum atomic E-state index is -0.556. The molecule has 0 fully saturated rings. The standard InChI is InChI=1S/C26H24BrClN2O5/c1-17-4-2-5-21(14-17)35-20-11-8-18(9-12-20)29-24(31)6-3-7-26(33)34-16-25(32)30-19-10-13-22(27)23(28)15-19/h2,4-5,8-15H,3,6-7,16H2,1H3,(H,29,31)(H,30,32). The summed E-state index contributed by atoms with van der Waals surface area (Å²) < 4.78 is 11.5. The summed E-state index contributed by atoms with van der Waals surface area (Å²) >= 11 is 9.24. The zero-order valence-corrected chi connectivity index (χ0v) is 21.3. The molecule has 0 saturated heterocycles. The molecule has 0 bridgehead atoms. The van der Waals surface area contributed by atoms with Crippen LogP contribution >= 0.6 is 27.5 Å². The third-order valence-electron chi connectivity index (χ3n) is 4.72. The molecule has 0 aliphatic heterocycles. The molecule has 0 aliphatic rings. The first kappa shape index (κ1) is 26.2. The molecule has 3 aromatic carbocycles. The van der Waals surface area contributed by atoms with Gasteiger partial charge in [-0.15, -0.1) is 0 Å². The summed E-state index contributed by atoms with van der Waals surface area (Å²) in [5.74, 6) is 0.131. The molecule has 0 radical (unpaired) electrons. The van der Waals surface area contributed by atoms with Crippen LogP contribution in [0.1, 0.15) is 24.8 Å². The molecule has 3 rings (SSSR count). The van der Waals surface area contributed by atoms with E-state index in [4.69, 9.17) is 21.1 Å². The van der Waals surface area contributed by atoms with Gasteiger partial charge in [0.25, 0.3) is 5.91 Å². The Kier molecular flexibility index (Phi) is 9.69. The van der Waals surface area contributed by atoms with Gasteiger partial charge in [-0.25, -0.2) is 0 Å². The Morgan fingerprint density at radius 2 is 1.57 bits per heavy atom. The molecular weight excluding hydrogens is 536 g/mol. The molecule has 0 aliphatic carbocycles. The number of nitrogens with one attached hydrogen (secondary N) is 2. The lowest BCUT2D eigenvalue weighted by molar-refractivity contribution is -0.147. The van der Waals surface area contributed by atoms with E-state index in [0.717, 1.165) is 11.3 Å². The van der Waals surface area contributed by atoms with Crippen LogP contribution in [0.4, 0.5) is 11.4 Å². The number of hydrogen-bond acceptors (Lipinski definition) is 5.